The van der Waals surface area contributed by atoms with Gasteiger partial charge in [-0.15, -0.1) is 0 Å². The number of fused-ring (bicyclic) bond motifs is 1. The normalized spacial score (nSPS) is 10.7. The molecule has 1 nitrogen and oxygen atoms in total. The monoisotopic (exact) mass is 330 g/mol. The Morgan fingerprint density at radius 2 is 1.70 bits per heavy atom. The summed E-state index contributed by atoms with van der Waals surface area (Å²) in [5.74, 6) is -0.318. The predicted molar refractivity (Wildman–Crippen MR) is 80.8 cm³/mol. The van der Waals surface area contributed by atoms with Gasteiger partial charge in [-0.3, -0.25) is 0 Å². The van der Waals surface area contributed by atoms with Crippen molar-refractivity contribution >= 4 is 40.9 Å². The van der Waals surface area contributed by atoms with Gasteiger partial charge in [0.25, 0.3) is 0 Å². The molecule has 98 valence electrons. The van der Waals surface area contributed by atoms with E-state index in [0.29, 0.717) is 10.9 Å². The van der Waals surface area contributed by atoms with Crippen LogP contribution in [0.1, 0.15) is 10.4 Å². The van der Waals surface area contributed by atoms with E-state index < -0.39 is 0 Å². The van der Waals surface area contributed by atoms with E-state index in [1.54, 1.807) is 6.07 Å². The summed E-state index contributed by atoms with van der Waals surface area (Å²) in [5, 5.41) is 1.58. The number of hydrogen-bond donors (Lipinski definition) is 0. The molecule has 20 heavy (non-hydrogen) atoms. The van der Waals surface area contributed by atoms with Crippen LogP contribution in [0.25, 0.3) is 10.8 Å². The number of halogens is 1. The Bertz CT molecular complexity index is 769. The van der Waals surface area contributed by atoms with E-state index in [0.717, 1.165) is 16.1 Å². The van der Waals surface area contributed by atoms with E-state index in [1.165, 1.54) is 16.6 Å². The summed E-state index contributed by atoms with van der Waals surface area (Å²) in [4.78, 5) is 11.2. The summed E-state index contributed by atoms with van der Waals surface area (Å²) >= 11 is 0.140. The average Bonchev–Trinajstić information content (AvgIpc) is 2.48. The minimum absolute atomic E-state index is 0.140. The van der Waals surface area contributed by atoms with Crippen molar-refractivity contribution in [2.24, 2.45) is 0 Å². The topological polar surface area (TPSA) is 17.1 Å². The summed E-state index contributed by atoms with van der Waals surface area (Å²) in [6.07, 6.45) is 0.798. The van der Waals surface area contributed by atoms with Crippen LogP contribution >= 0.6 is 0 Å². The van der Waals surface area contributed by atoms with Gasteiger partial charge in [-0.2, -0.15) is 0 Å². The number of carbonyl (C=O) groups excluding carboxylic acids is 1. The molecular formula is C17H11FOSe. The quantitative estimate of drug-likeness (QED) is 0.533. The zero-order chi connectivity index (χ0) is 13.9. The molecule has 0 unspecified atom stereocenters. The fourth-order valence-electron chi connectivity index (χ4n) is 2.11. The van der Waals surface area contributed by atoms with Gasteiger partial charge in [0.05, 0.1) is 0 Å². The molecule has 0 saturated heterocycles. The van der Waals surface area contributed by atoms with E-state index in [-0.39, 0.29) is 20.8 Å². The van der Waals surface area contributed by atoms with Crippen LogP contribution in [0.3, 0.4) is 0 Å². The molecule has 3 aromatic carbocycles. The first-order valence-electron chi connectivity index (χ1n) is 6.18. The van der Waals surface area contributed by atoms with Crippen LogP contribution in [-0.4, -0.2) is 21.2 Å². The Morgan fingerprint density at radius 1 is 0.900 bits per heavy atom. The molecule has 0 radical (unpaired) electrons. The van der Waals surface area contributed by atoms with Gasteiger partial charge in [0.1, 0.15) is 0 Å². The minimum atomic E-state index is -0.318. The molecule has 3 aromatic rings. The molecule has 3 heteroatoms. The van der Waals surface area contributed by atoms with E-state index in [4.69, 9.17) is 0 Å². The molecule has 0 spiro atoms. The van der Waals surface area contributed by atoms with E-state index in [2.05, 4.69) is 12.1 Å². The number of carbonyl (C=O) groups is 1. The number of rotatable bonds is 3. The van der Waals surface area contributed by atoms with Crippen LogP contribution in [0.2, 0.25) is 0 Å². The SMILES string of the molecule is O=Cc1cc([Se]c2ccccc2)cc2ccc(F)cc12. The van der Waals surface area contributed by atoms with Crippen LogP contribution < -0.4 is 8.92 Å². The Balaban J connectivity index is 2.09. The van der Waals surface area contributed by atoms with Crippen molar-refractivity contribution in [3.05, 3.63) is 72.0 Å². The van der Waals surface area contributed by atoms with Crippen LogP contribution in [0.4, 0.5) is 4.39 Å². The van der Waals surface area contributed by atoms with Crippen molar-refractivity contribution in [1.29, 1.82) is 0 Å². The summed E-state index contributed by atoms with van der Waals surface area (Å²) in [6, 6.07) is 18.6. The summed E-state index contributed by atoms with van der Waals surface area (Å²) in [5.41, 5.74) is 0.551. The molecule has 0 N–H and O–H groups in total. The van der Waals surface area contributed by atoms with Gasteiger partial charge in [0, 0.05) is 0 Å². The first-order valence-corrected chi connectivity index (χ1v) is 7.89. The molecule has 0 amide bonds. The summed E-state index contributed by atoms with van der Waals surface area (Å²) in [7, 11) is 0. The van der Waals surface area contributed by atoms with Crippen molar-refractivity contribution in [2.75, 3.05) is 0 Å². The Morgan fingerprint density at radius 3 is 2.45 bits per heavy atom. The van der Waals surface area contributed by atoms with Crippen molar-refractivity contribution in [3.63, 3.8) is 0 Å². The molecule has 0 fully saturated rings. The van der Waals surface area contributed by atoms with Gasteiger partial charge in [-0.1, -0.05) is 0 Å². The molecule has 0 heterocycles. The Labute approximate surface area is 122 Å². The van der Waals surface area contributed by atoms with Gasteiger partial charge >= 0.3 is 122 Å². The third-order valence-electron chi connectivity index (χ3n) is 3.03. The maximum atomic E-state index is 13.3. The number of aldehydes is 1. The van der Waals surface area contributed by atoms with Crippen LogP contribution in [0, 0.1) is 5.82 Å². The molecule has 0 aliphatic heterocycles. The van der Waals surface area contributed by atoms with Gasteiger partial charge in [0.15, 0.2) is 0 Å². The molecule has 0 atom stereocenters. The standard InChI is InChI=1S/C17H11FOSe/c18-14-7-6-12-8-16(9-13(11-19)17(12)10-14)20-15-4-2-1-3-5-15/h1-11H. The molecular weight excluding hydrogens is 318 g/mol. The van der Waals surface area contributed by atoms with Gasteiger partial charge in [0.2, 0.25) is 0 Å². The number of hydrogen-bond acceptors (Lipinski definition) is 1. The third kappa shape index (κ3) is 2.64. The van der Waals surface area contributed by atoms with Crippen molar-refractivity contribution in [2.45, 2.75) is 0 Å². The molecule has 3 rings (SSSR count). The van der Waals surface area contributed by atoms with Crippen molar-refractivity contribution < 1.29 is 9.18 Å². The van der Waals surface area contributed by atoms with Gasteiger partial charge < -0.3 is 0 Å². The first kappa shape index (κ1) is 13.0. The van der Waals surface area contributed by atoms with Crippen molar-refractivity contribution in [1.82, 2.24) is 0 Å². The Kier molecular flexibility index (Phi) is 3.64. The average molecular weight is 329 g/mol. The second-order valence-electron chi connectivity index (χ2n) is 4.41. The fraction of sp³-hybridized carbons (Fsp3) is 0. The summed E-state index contributed by atoms with van der Waals surface area (Å²) in [6.45, 7) is 0. The fourth-order valence-corrected chi connectivity index (χ4v) is 4.08. The predicted octanol–water partition coefficient (Wildman–Crippen LogP) is 2.45. The second-order valence-corrected chi connectivity index (χ2v) is 6.82. The van der Waals surface area contributed by atoms with Crippen LogP contribution in [-0.2, 0) is 0 Å². The number of benzene rings is 3. The van der Waals surface area contributed by atoms with Gasteiger partial charge in [-0.05, 0) is 0 Å². The third-order valence-corrected chi connectivity index (χ3v) is 5.08. The zero-order valence-electron chi connectivity index (χ0n) is 10.5. The summed E-state index contributed by atoms with van der Waals surface area (Å²) < 4.78 is 15.7. The van der Waals surface area contributed by atoms with Crippen molar-refractivity contribution in [3.8, 4) is 0 Å². The molecule has 0 aliphatic carbocycles. The zero-order valence-corrected chi connectivity index (χ0v) is 12.3. The van der Waals surface area contributed by atoms with Crippen LogP contribution in [0.15, 0.2) is 60.7 Å². The maximum absolute atomic E-state index is 13.3. The second kappa shape index (κ2) is 5.58. The molecule has 0 bridgehead atoms. The van der Waals surface area contributed by atoms with Gasteiger partial charge in [-0.25, -0.2) is 0 Å². The first-order chi connectivity index (χ1) is 9.76. The van der Waals surface area contributed by atoms with E-state index in [9.17, 15) is 9.18 Å². The van der Waals surface area contributed by atoms with E-state index in [1.807, 2.05) is 30.3 Å². The van der Waals surface area contributed by atoms with E-state index >= 15 is 0 Å². The Hall–Kier alpha value is -1.96. The molecule has 0 saturated carbocycles. The molecule has 0 aliphatic rings. The van der Waals surface area contributed by atoms with Crippen LogP contribution in [0.5, 0.6) is 0 Å². The molecule has 0 aromatic heterocycles.